The van der Waals surface area contributed by atoms with Crippen molar-refractivity contribution in [1.29, 1.82) is 0 Å². The van der Waals surface area contributed by atoms with Crippen LogP contribution in [0.3, 0.4) is 0 Å². The first-order valence-electron chi connectivity index (χ1n) is 7.07. The second-order valence-electron chi connectivity index (χ2n) is 6.21. The van der Waals surface area contributed by atoms with Gasteiger partial charge in [0.05, 0.1) is 11.7 Å². The van der Waals surface area contributed by atoms with E-state index in [2.05, 4.69) is 55.9 Å². The van der Waals surface area contributed by atoms with Crippen LogP contribution in [0.2, 0.25) is 0 Å². The molecule has 2 aromatic rings. The molecule has 0 saturated carbocycles. The molecule has 0 aliphatic carbocycles. The van der Waals surface area contributed by atoms with Crippen molar-refractivity contribution in [3.8, 4) is 0 Å². The molecule has 1 fully saturated rings. The van der Waals surface area contributed by atoms with Crippen LogP contribution in [0.4, 0.5) is 0 Å². The minimum Gasteiger partial charge on any atom is -0.366 e. The first kappa shape index (κ1) is 13.2. The van der Waals surface area contributed by atoms with E-state index in [0.29, 0.717) is 6.10 Å². The molecular weight excluding hydrogens is 246 g/mol. The van der Waals surface area contributed by atoms with Crippen LogP contribution < -0.4 is 0 Å². The summed E-state index contributed by atoms with van der Waals surface area (Å²) in [7, 11) is 0. The van der Waals surface area contributed by atoms with Crippen LogP contribution in [0.1, 0.15) is 31.9 Å². The molecule has 1 aromatic heterocycles. The lowest BCUT2D eigenvalue weighted by molar-refractivity contribution is 0.323. The Bertz CT molecular complexity index is 691. The van der Waals surface area contributed by atoms with Crippen LogP contribution in [0.15, 0.2) is 42.6 Å². The summed E-state index contributed by atoms with van der Waals surface area (Å²) >= 11 is 0. The van der Waals surface area contributed by atoms with Crippen LogP contribution in [-0.2, 0) is 11.2 Å². The predicted octanol–water partition coefficient (Wildman–Crippen LogP) is 4.48. The van der Waals surface area contributed by atoms with Gasteiger partial charge in [-0.1, -0.05) is 30.4 Å². The fraction of sp³-hybridized carbons (Fsp3) is 0.333. The van der Waals surface area contributed by atoms with Gasteiger partial charge in [-0.05, 0) is 44.0 Å². The fourth-order valence-corrected chi connectivity index (χ4v) is 2.53. The highest BCUT2D eigenvalue weighted by Gasteiger charge is 2.47. The summed E-state index contributed by atoms with van der Waals surface area (Å²) in [6.07, 6.45) is 7.57. The first-order chi connectivity index (χ1) is 9.45. The second-order valence-corrected chi connectivity index (χ2v) is 6.21. The largest absolute Gasteiger partial charge is 0.366 e. The number of epoxide rings is 1. The van der Waals surface area contributed by atoms with Gasteiger partial charge in [0.15, 0.2) is 0 Å². The van der Waals surface area contributed by atoms with Crippen LogP contribution in [0, 0.1) is 0 Å². The number of H-pyrrole nitrogens is 1. The standard InChI is InChI=1S/C18H21NO/c1-12(2)5-6-13-7-8-16-15(9-13)14(11-19-16)10-17-18(3,4)20-17/h5-9,11,17,19H,1,10H2,2-4H3/t17-/m1/s1. The molecule has 0 bridgehead atoms. The third-order valence-electron chi connectivity index (χ3n) is 3.92. The van der Waals surface area contributed by atoms with E-state index in [0.717, 1.165) is 12.0 Å². The van der Waals surface area contributed by atoms with Crippen molar-refractivity contribution < 1.29 is 4.74 Å². The summed E-state index contributed by atoms with van der Waals surface area (Å²) in [5, 5.41) is 1.29. The number of ether oxygens (including phenoxy) is 1. The lowest BCUT2D eigenvalue weighted by Crippen LogP contribution is -2.05. The fourth-order valence-electron chi connectivity index (χ4n) is 2.53. The number of hydrogen-bond donors (Lipinski definition) is 1. The number of nitrogens with one attached hydrogen (secondary N) is 1. The summed E-state index contributed by atoms with van der Waals surface area (Å²) < 4.78 is 5.70. The summed E-state index contributed by atoms with van der Waals surface area (Å²) in [5.74, 6) is 0. The van der Waals surface area contributed by atoms with E-state index in [-0.39, 0.29) is 5.60 Å². The van der Waals surface area contributed by atoms with Crippen molar-refractivity contribution in [2.75, 3.05) is 0 Å². The van der Waals surface area contributed by atoms with Crippen molar-refractivity contribution in [2.45, 2.75) is 38.9 Å². The molecule has 2 nitrogen and oxygen atoms in total. The van der Waals surface area contributed by atoms with Gasteiger partial charge >= 0.3 is 0 Å². The smallest absolute Gasteiger partial charge is 0.0908 e. The number of aromatic amines is 1. The molecule has 2 heterocycles. The van der Waals surface area contributed by atoms with E-state index in [1.807, 2.05) is 13.0 Å². The number of hydrogen-bond acceptors (Lipinski definition) is 1. The molecule has 3 rings (SSSR count). The second kappa shape index (κ2) is 4.64. The Labute approximate surface area is 120 Å². The highest BCUT2D eigenvalue weighted by molar-refractivity contribution is 5.85. The molecule has 1 aliphatic heterocycles. The Morgan fingerprint density at radius 1 is 1.45 bits per heavy atom. The predicted molar refractivity (Wildman–Crippen MR) is 84.8 cm³/mol. The third kappa shape index (κ3) is 2.56. The molecule has 1 atom stereocenters. The lowest BCUT2D eigenvalue weighted by atomic mass is 10.0. The van der Waals surface area contributed by atoms with E-state index in [4.69, 9.17) is 4.74 Å². The Morgan fingerprint density at radius 2 is 2.20 bits per heavy atom. The summed E-state index contributed by atoms with van der Waals surface area (Å²) in [6.45, 7) is 10.2. The topological polar surface area (TPSA) is 28.3 Å². The number of allylic oxidation sites excluding steroid dienone is 2. The molecule has 1 aliphatic rings. The number of aromatic nitrogens is 1. The SMILES string of the molecule is C=C(C)C=Cc1ccc2[nH]cc(C[C@H]3OC3(C)C)c2c1. The maximum Gasteiger partial charge on any atom is 0.0908 e. The van der Waals surface area contributed by atoms with Crippen LogP contribution in [0.25, 0.3) is 17.0 Å². The van der Waals surface area contributed by atoms with Gasteiger partial charge in [0.25, 0.3) is 0 Å². The number of fused-ring (bicyclic) bond motifs is 1. The molecule has 2 heteroatoms. The van der Waals surface area contributed by atoms with Gasteiger partial charge in [-0.3, -0.25) is 0 Å². The zero-order valence-electron chi connectivity index (χ0n) is 12.4. The maximum absolute atomic E-state index is 5.70. The Hall–Kier alpha value is -1.80. The van der Waals surface area contributed by atoms with Crippen molar-refractivity contribution >= 4 is 17.0 Å². The zero-order chi connectivity index (χ0) is 14.3. The Balaban J connectivity index is 1.89. The van der Waals surface area contributed by atoms with Gasteiger partial charge in [0.1, 0.15) is 0 Å². The van der Waals surface area contributed by atoms with Crippen molar-refractivity contribution in [2.24, 2.45) is 0 Å². The minimum atomic E-state index is 0.0427. The molecule has 104 valence electrons. The molecule has 20 heavy (non-hydrogen) atoms. The van der Waals surface area contributed by atoms with Crippen molar-refractivity contribution in [1.82, 2.24) is 4.98 Å². The quantitative estimate of drug-likeness (QED) is 0.642. The normalized spacial score (nSPS) is 20.6. The van der Waals surface area contributed by atoms with Gasteiger partial charge < -0.3 is 9.72 Å². The summed E-state index contributed by atoms with van der Waals surface area (Å²) in [5.41, 5.74) is 4.83. The van der Waals surface area contributed by atoms with Crippen LogP contribution in [-0.4, -0.2) is 16.7 Å². The Kier molecular flexibility index (Phi) is 3.06. The van der Waals surface area contributed by atoms with Crippen LogP contribution >= 0.6 is 0 Å². The van der Waals surface area contributed by atoms with Crippen molar-refractivity contribution in [3.63, 3.8) is 0 Å². The van der Waals surface area contributed by atoms with Crippen molar-refractivity contribution in [3.05, 3.63) is 53.8 Å². The number of benzene rings is 1. The molecular formula is C18H21NO. The molecule has 1 N–H and O–H groups in total. The highest BCUT2D eigenvalue weighted by atomic mass is 16.6. The average Bonchev–Trinajstić information content (AvgIpc) is 2.81. The monoisotopic (exact) mass is 267 g/mol. The van der Waals surface area contributed by atoms with E-state index in [1.54, 1.807) is 0 Å². The van der Waals surface area contributed by atoms with Gasteiger partial charge in [-0.2, -0.15) is 0 Å². The van der Waals surface area contributed by atoms with Gasteiger partial charge in [-0.25, -0.2) is 0 Å². The third-order valence-corrected chi connectivity index (χ3v) is 3.92. The van der Waals surface area contributed by atoms with E-state index >= 15 is 0 Å². The van der Waals surface area contributed by atoms with Gasteiger partial charge in [-0.15, -0.1) is 0 Å². The van der Waals surface area contributed by atoms with Gasteiger partial charge in [0.2, 0.25) is 0 Å². The molecule has 1 saturated heterocycles. The average molecular weight is 267 g/mol. The van der Waals surface area contributed by atoms with Gasteiger partial charge in [0, 0.05) is 23.5 Å². The summed E-state index contributed by atoms with van der Waals surface area (Å²) in [4.78, 5) is 3.34. The highest BCUT2D eigenvalue weighted by Crippen LogP contribution is 2.38. The lowest BCUT2D eigenvalue weighted by Gasteiger charge is -2.00. The first-order valence-corrected chi connectivity index (χ1v) is 7.07. The molecule has 1 aromatic carbocycles. The zero-order valence-corrected chi connectivity index (χ0v) is 12.4. The van der Waals surface area contributed by atoms with E-state index in [9.17, 15) is 0 Å². The molecule has 0 radical (unpaired) electrons. The molecule has 0 amide bonds. The molecule has 0 unspecified atom stereocenters. The summed E-state index contributed by atoms with van der Waals surface area (Å²) in [6, 6.07) is 6.49. The van der Waals surface area contributed by atoms with E-state index in [1.165, 1.54) is 22.0 Å². The van der Waals surface area contributed by atoms with E-state index < -0.39 is 0 Å². The maximum atomic E-state index is 5.70. The molecule has 0 spiro atoms. The number of rotatable bonds is 4. The van der Waals surface area contributed by atoms with Crippen LogP contribution in [0.5, 0.6) is 0 Å². The Morgan fingerprint density at radius 3 is 2.85 bits per heavy atom. The minimum absolute atomic E-state index is 0.0427.